The van der Waals surface area contributed by atoms with E-state index in [2.05, 4.69) is 4.72 Å². The van der Waals surface area contributed by atoms with Crippen LogP contribution < -0.4 is 4.72 Å². The number of rotatable bonds is 4. The van der Waals surface area contributed by atoms with Crippen LogP contribution in [0.2, 0.25) is 0 Å². The topological polar surface area (TPSA) is 83.5 Å². The third-order valence-corrected chi connectivity index (χ3v) is 3.16. The number of sulfonamides is 1. The standard InChI is InChI=1S/C6H13NO4S/c1-6(2,5(8)9)4-12(10,11)7-3/h7H,4H2,1-3H3,(H,8,9). The highest BCUT2D eigenvalue weighted by molar-refractivity contribution is 7.89. The van der Waals surface area contributed by atoms with E-state index in [-0.39, 0.29) is 0 Å². The van der Waals surface area contributed by atoms with Crippen molar-refractivity contribution in [3.63, 3.8) is 0 Å². The van der Waals surface area contributed by atoms with Crippen LogP contribution in [0.1, 0.15) is 13.8 Å². The Bertz CT molecular complexity index is 267. The van der Waals surface area contributed by atoms with E-state index in [9.17, 15) is 13.2 Å². The van der Waals surface area contributed by atoms with E-state index in [0.717, 1.165) is 0 Å². The predicted octanol–water partition coefficient (Wildman–Crippen LogP) is -0.354. The fourth-order valence-corrected chi connectivity index (χ4v) is 1.83. The molecule has 0 aliphatic rings. The molecule has 0 aliphatic carbocycles. The van der Waals surface area contributed by atoms with Crippen LogP contribution in [0.4, 0.5) is 0 Å². The van der Waals surface area contributed by atoms with Gasteiger partial charge in [-0.25, -0.2) is 13.1 Å². The zero-order chi connectivity index (χ0) is 9.99. The van der Waals surface area contributed by atoms with Crippen molar-refractivity contribution >= 4 is 16.0 Å². The molecule has 0 spiro atoms. The Labute approximate surface area is 71.8 Å². The number of carbonyl (C=O) groups is 1. The van der Waals surface area contributed by atoms with Gasteiger partial charge in [0.1, 0.15) is 0 Å². The molecule has 6 heteroatoms. The predicted molar refractivity (Wildman–Crippen MR) is 44.3 cm³/mol. The minimum atomic E-state index is -3.45. The summed E-state index contributed by atoms with van der Waals surface area (Å²) in [5, 5.41) is 8.61. The first-order valence-electron chi connectivity index (χ1n) is 3.36. The van der Waals surface area contributed by atoms with Gasteiger partial charge < -0.3 is 5.11 Å². The third-order valence-electron chi connectivity index (χ3n) is 1.44. The average Bonchev–Trinajstić information content (AvgIpc) is 1.85. The zero-order valence-electron chi connectivity index (χ0n) is 7.29. The molecule has 0 bridgehead atoms. The van der Waals surface area contributed by atoms with E-state index in [0.29, 0.717) is 0 Å². The smallest absolute Gasteiger partial charge is 0.310 e. The van der Waals surface area contributed by atoms with Gasteiger partial charge in [0.2, 0.25) is 10.0 Å². The Morgan fingerprint density at radius 1 is 1.50 bits per heavy atom. The number of carboxylic acid groups (broad SMARTS) is 1. The zero-order valence-corrected chi connectivity index (χ0v) is 8.10. The van der Waals surface area contributed by atoms with Crippen molar-refractivity contribution in [1.82, 2.24) is 4.72 Å². The molecule has 0 radical (unpaired) electrons. The molecule has 0 aromatic heterocycles. The molecular formula is C6H13NO4S. The number of aliphatic carboxylic acids is 1. The van der Waals surface area contributed by atoms with Gasteiger partial charge in [0.25, 0.3) is 0 Å². The van der Waals surface area contributed by atoms with Crippen LogP contribution in [0, 0.1) is 5.41 Å². The van der Waals surface area contributed by atoms with E-state index in [4.69, 9.17) is 5.11 Å². The molecule has 0 fully saturated rings. The second kappa shape index (κ2) is 3.40. The van der Waals surface area contributed by atoms with Gasteiger partial charge >= 0.3 is 5.97 Å². The maximum absolute atomic E-state index is 10.9. The summed E-state index contributed by atoms with van der Waals surface area (Å²) >= 11 is 0. The van der Waals surface area contributed by atoms with Crippen LogP contribution in [-0.4, -0.2) is 32.3 Å². The van der Waals surface area contributed by atoms with Crippen LogP contribution in [-0.2, 0) is 14.8 Å². The third kappa shape index (κ3) is 3.19. The average molecular weight is 195 g/mol. The summed E-state index contributed by atoms with van der Waals surface area (Å²) in [6.07, 6.45) is 0. The van der Waals surface area contributed by atoms with Crippen molar-refractivity contribution < 1.29 is 18.3 Å². The highest BCUT2D eigenvalue weighted by Gasteiger charge is 2.32. The molecule has 0 amide bonds. The lowest BCUT2D eigenvalue weighted by molar-refractivity contribution is -0.145. The van der Waals surface area contributed by atoms with Gasteiger partial charge in [0.05, 0.1) is 11.2 Å². The van der Waals surface area contributed by atoms with Crippen LogP contribution in [0.25, 0.3) is 0 Å². The molecule has 0 aromatic carbocycles. The SMILES string of the molecule is CNS(=O)(=O)CC(C)(C)C(=O)O. The lowest BCUT2D eigenvalue weighted by atomic mass is 9.97. The quantitative estimate of drug-likeness (QED) is 0.642. The van der Waals surface area contributed by atoms with Crippen molar-refractivity contribution in [2.45, 2.75) is 13.8 Å². The molecule has 0 rings (SSSR count). The highest BCUT2D eigenvalue weighted by atomic mass is 32.2. The maximum atomic E-state index is 10.9. The fraction of sp³-hybridized carbons (Fsp3) is 0.833. The van der Waals surface area contributed by atoms with Gasteiger partial charge in [-0.1, -0.05) is 0 Å². The molecule has 5 nitrogen and oxygen atoms in total. The molecular weight excluding hydrogens is 182 g/mol. The number of carboxylic acids is 1. The van der Waals surface area contributed by atoms with Gasteiger partial charge in [-0.15, -0.1) is 0 Å². The monoisotopic (exact) mass is 195 g/mol. The lowest BCUT2D eigenvalue weighted by Crippen LogP contribution is -2.36. The summed E-state index contributed by atoms with van der Waals surface area (Å²) in [6.45, 7) is 2.73. The molecule has 0 atom stereocenters. The Morgan fingerprint density at radius 3 is 2.17 bits per heavy atom. The van der Waals surface area contributed by atoms with Crippen molar-refractivity contribution in [3.8, 4) is 0 Å². The molecule has 72 valence electrons. The first-order chi connectivity index (χ1) is 5.21. The minimum Gasteiger partial charge on any atom is -0.481 e. The van der Waals surface area contributed by atoms with Crippen LogP contribution in [0.15, 0.2) is 0 Å². The number of hydrogen-bond acceptors (Lipinski definition) is 3. The summed E-state index contributed by atoms with van der Waals surface area (Å²) in [5.41, 5.74) is -1.25. The summed E-state index contributed by atoms with van der Waals surface area (Å²) in [7, 11) is -2.20. The molecule has 0 heterocycles. The van der Waals surface area contributed by atoms with Gasteiger partial charge in [-0.05, 0) is 20.9 Å². The highest BCUT2D eigenvalue weighted by Crippen LogP contribution is 2.16. The van der Waals surface area contributed by atoms with Crippen LogP contribution >= 0.6 is 0 Å². The summed E-state index contributed by atoms with van der Waals surface area (Å²) < 4.78 is 24.0. The summed E-state index contributed by atoms with van der Waals surface area (Å²) in [6, 6.07) is 0. The second-order valence-corrected chi connectivity index (χ2v) is 5.08. The van der Waals surface area contributed by atoms with E-state index in [1.54, 1.807) is 0 Å². The Morgan fingerprint density at radius 2 is 1.92 bits per heavy atom. The van der Waals surface area contributed by atoms with Crippen molar-refractivity contribution in [2.24, 2.45) is 5.41 Å². The number of nitrogens with one attached hydrogen (secondary N) is 1. The molecule has 0 aliphatic heterocycles. The first kappa shape index (κ1) is 11.4. The van der Waals surface area contributed by atoms with Crippen LogP contribution in [0.5, 0.6) is 0 Å². The molecule has 0 saturated heterocycles. The molecule has 0 saturated carbocycles. The van der Waals surface area contributed by atoms with Gasteiger partial charge in [0.15, 0.2) is 0 Å². The first-order valence-corrected chi connectivity index (χ1v) is 5.01. The maximum Gasteiger partial charge on any atom is 0.310 e. The Kier molecular flexibility index (Phi) is 3.23. The largest absolute Gasteiger partial charge is 0.481 e. The van der Waals surface area contributed by atoms with Gasteiger partial charge in [0, 0.05) is 0 Å². The Hall–Kier alpha value is -0.620. The summed E-state index contributed by atoms with van der Waals surface area (Å²) in [4.78, 5) is 10.5. The van der Waals surface area contributed by atoms with Crippen molar-refractivity contribution in [2.75, 3.05) is 12.8 Å². The van der Waals surface area contributed by atoms with Crippen LogP contribution in [0.3, 0.4) is 0 Å². The van der Waals surface area contributed by atoms with Gasteiger partial charge in [-0.3, -0.25) is 4.79 Å². The lowest BCUT2D eigenvalue weighted by Gasteiger charge is -2.17. The van der Waals surface area contributed by atoms with E-state index in [1.165, 1.54) is 20.9 Å². The van der Waals surface area contributed by atoms with Crippen molar-refractivity contribution in [3.05, 3.63) is 0 Å². The van der Waals surface area contributed by atoms with Gasteiger partial charge in [-0.2, -0.15) is 0 Å². The van der Waals surface area contributed by atoms with E-state index < -0.39 is 27.2 Å². The molecule has 12 heavy (non-hydrogen) atoms. The normalized spacial score (nSPS) is 12.9. The summed E-state index contributed by atoms with van der Waals surface area (Å²) in [5.74, 6) is -1.53. The minimum absolute atomic E-state index is 0.411. The van der Waals surface area contributed by atoms with Crippen molar-refractivity contribution in [1.29, 1.82) is 0 Å². The second-order valence-electron chi connectivity index (χ2n) is 3.15. The Balaban J connectivity index is 4.57. The molecule has 0 aromatic rings. The molecule has 2 N–H and O–H groups in total. The van der Waals surface area contributed by atoms with E-state index in [1.807, 2.05) is 0 Å². The molecule has 0 unspecified atom stereocenters. The van der Waals surface area contributed by atoms with E-state index >= 15 is 0 Å². The number of hydrogen-bond donors (Lipinski definition) is 2. The fourth-order valence-electron chi connectivity index (χ4n) is 0.609.